The standard InChI is InChI=1S/C13H16F3NO3S/c1-9-2-3-10(8-9)17-21(18,19)12-6-4-11(5-7-12)20-13(14,15)16/h4-7,9-10,17H,2-3,8H2,1H3. The Morgan fingerprint density at radius 2 is 1.81 bits per heavy atom. The molecule has 0 amide bonds. The first-order chi connectivity index (χ1) is 9.66. The quantitative estimate of drug-likeness (QED) is 0.926. The van der Waals surface area contributed by atoms with E-state index in [0.29, 0.717) is 5.92 Å². The molecule has 0 saturated heterocycles. The van der Waals surface area contributed by atoms with Gasteiger partial charge in [0, 0.05) is 6.04 Å². The van der Waals surface area contributed by atoms with Crippen molar-refractivity contribution in [2.75, 3.05) is 0 Å². The number of halogens is 3. The molecule has 8 heteroatoms. The Kier molecular flexibility index (Phi) is 4.48. The molecular weight excluding hydrogens is 307 g/mol. The summed E-state index contributed by atoms with van der Waals surface area (Å²) in [6, 6.07) is 4.05. The van der Waals surface area contributed by atoms with Crippen LogP contribution in [0.25, 0.3) is 0 Å². The molecule has 4 nitrogen and oxygen atoms in total. The maximum Gasteiger partial charge on any atom is 0.573 e. The molecular formula is C13H16F3NO3S. The zero-order valence-electron chi connectivity index (χ0n) is 11.4. The third-order valence-electron chi connectivity index (χ3n) is 3.38. The van der Waals surface area contributed by atoms with Crippen LogP contribution in [0.3, 0.4) is 0 Å². The van der Waals surface area contributed by atoms with E-state index in [1.165, 1.54) is 0 Å². The second-order valence-electron chi connectivity index (χ2n) is 5.26. The summed E-state index contributed by atoms with van der Waals surface area (Å²) >= 11 is 0. The molecule has 0 spiro atoms. The molecule has 1 fully saturated rings. The largest absolute Gasteiger partial charge is 0.573 e. The highest BCUT2D eigenvalue weighted by Crippen LogP contribution is 2.27. The van der Waals surface area contributed by atoms with Gasteiger partial charge in [0.2, 0.25) is 10.0 Å². The maximum absolute atomic E-state index is 12.1. The van der Waals surface area contributed by atoms with Crippen LogP contribution in [0.1, 0.15) is 26.2 Å². The lowest BCUT2D eigenvalue weighted by Crippen LogP contribution is -2.32. The number of hydrogen-bond donors (Lipinski definition) is 1. The van der Waals surface area contributed by atoms with Gasteiger partial charge in [-0.25, -0.2) is 13.1 Å². The number of nitrogens with one attached hydrogen (secondary N) is 1. The van der Waals surface area contributed by atoms with Crippen molar-refractivity contribution in [1.82, 2.24) is 4.72 Å². The van der Waals surface area contributed by atoms with Gasteiger partial charge in [-0.1, -0.05) is 6.92 Å². The summed E-state index contributed by atoms with van der Waals surface area (Å²) in [6.45, 7) is 2.05. The molecule has 1 aliphatic carbocycles. The molecule has 118 valence electrons. The van der Waals surface area contributed by atoms with E-state index in [4.69, 9.17) is 0 Å². The second-order valence-corrected chi connectivity index (χ2v) is 6.97. The molecule has 2 rings (SSSR count). The van der Waals surface area contributed by atoms with Crippen molar-refractivity contribution in [2.24, 2.45) is 5.92 Å². The Bertz CT molecular complexity index is 584. The van der Waals surface area contributed by atoms with E-state index in [1.807, 2.05) is 0 Å². The van der Waals surface area contributed by atoms with E-state index in [1.54, 1.807) is 0 Å². The van der Waals surface area contributed by atoms with Crippen molar-refractivity contribution in [3.63, 3.8) is 0 Å². The number of hydrogen-bond acceptors (Lipinski definition) is 3. The predicted octanol–water partition coefficient (Wildman–Crippen LogP) is 3.05. The minimum absolute atomic E-state index is 0.0726. The molecule has 1 N–H and O–H groups in total. The predicted molar refractivity (Wildman–Crippen MR) is 70.2 cm³/mol. The fourth-order valence-corrected chi connectivity index (χ4v) is 3.71. The normalized spacial score (nSPS) is 23.2. The van der Waals surface area contributed by atoms with Crippen LogP contribution < -0.4 is 9.46 Å². The molecule has 0 heterocycles. The Hall–Kier alpha value is -1.28. The molecule has 0 aromatic heterocycles. The van der Waals surface area contributed by atoms with Crippen molar-refractivity contribution in [3.05, 3.63) is 24.3 Å². The lowest BCUT2D eigenvalue weighted by Gasteiger charge is -2.13. The van der Waals surface area contributed by atoms with Crippen molar-refractivity contribution in [2.45, 2.75) is 43.5 Å². The summed E-state index contributed by atoms with van der Waals surface area (Å²) in [5.74, 6) is 0.0243. The Balaban J connectivity index is 2.06. The zero-order chi connectivity index (χ0) is 15.7. The van der Waals surface area contributed by atoms with Gasteiger partial charge in [-0.3, -0.25) is 0 Å². The average Bonchev–Trinajstić information content (AvgIpc) is 2.72. The van der Waals surface area contributed by atoms with Gasteiger partial charge < -0.3 is 4.74 Å². The number of rotatable bonds is 4. The first-order valence-electron chi connectivity index (χ1n) is 6.54. The Morgan fingerprint density at radius 1 is 1.19 bits per heavy atom. The summed E-state index contributed by atoms with van der Waals surface area (Å²) in [6.07, 6.45) is -2.28. The smallest absolute Gasteiger partial charge is 0.406 e. The van der Waals surface area contributed by atoms with Crippen LogP contribution in [0.5, 0.6) is 5.75 Å². The number of alkyl halides is 3. The van der Waals surface area contributed by atoms with Gasteiger partial charge in [0.1, 0.15) is 5.75 Å². The lowest BCUT2D eigenvalue weighted by atomic mass is 10.1. The summed E-state index contributed by atoms with van der Waals surface area (Å²) in [5.41, 5.74) is 0. The minimum atomic E-state index is -4.79. The molecule has 1 aromatic carbocycles. The van der Waals surface area contributed by atoms with Gasteiger partial charge in [-0.05, 0) is 49.4 Å². The highest BCUT2D eigenvalue weighted by atomic mass is 32.2. The van der Waals surface area contributed by atoms with Crippen LogP contribution >= 0.6 is 0 Å². The minimum Gasteiger partial charge on any atom is -0.406 e. The molecule has 21 heavy (non-hydrogen) atoms. The van der Waals surface area contributed by atoms with Gasteiger partial charge >= 0.3 is 6.36 Å². The third kappa shape index (κ3) is 4.60. The SMILES string of the molecule is CC1CCC(NS(=O)(=O)c2ccc(OC(F)(F)F)cc2)C1. The van der Waals surface area contributed by atoms with Crippen molar-refractivity contribution in [3.8, 4) is 5.75 Å². The van der Waals surface area contributed by atoms with Crippen LogP contribution in [0.15, 0.2) is 29.2 Å². The first kappa shape index (κ1) is 16.1. The molecule has 2 unspecified atom stereocenters. The van der Waals surface area contributed by atoms with E-state index in [-0.39, 0.29) is 10.9 Å². The van der Waals surface area contributed by atoms with Crippen LogP contribution in [0.4, 0.5) is 13.2 Å². The fourth-order valence-electron chi connectivity index (χ4n) is 2.42. The van der Waals surface area contributed by atoms with E-state index >= 15 is 0 Å². The van der Waals surface area contributed by atoms with Gasteiger partial charge in [0.05, 0.1) is 4.90 Å². The Morgan fingerprint density at radius 3 is 2.29 bits per heavy atom. The molecule has 0 bridgehead atoms. The number of sulfonamides is 1. The van der Waals surface area contributed by atoms with E-state index < -0.39 is 22.1 Å². The topological polar surface area (TPSA) is 55.4 Å². The van der Waals surface area contributed by atoms with E-state index in [9.17, 15) is 21.6 Å². The van der Waals surface area contributed by atoms with Crippen LogP contribution in [0, 0.1) is 5.92 Å². The van der Waals surface area contributed by atoms with E-state index in [0.717, 1.165) is 43.5 Å². The van der Waals surface area contributed by atoms with Crippen molar-refractivity contribution in [1.29, 1.82) is 0 Å². The Labute approximate surface area is 121 Å². The fraction of sp³-hybridized carbons (Fsp3) is 0.538. The summed E-state index contributed by atoms with van der Waals surface area (Å²) in [4.78, 5) is -0.0726. The van der Waals surface area contributed by atoms with Crippen LogP contribution in [-0.2, 0) is 10.0 Å². The van der Waals surface area contributed by atoms with Crippen molar-refractivity contribution >= 4 is 10.0 Å². The summed E-state index contributed by atoms with van der Waals surface area (Å²) < 4.78 is 66.6. The average molecular weight is 323 g/mol. The van der Waals surface area contributed by atoms with Gasteiger partial charge in [0.15, 0.2) is 0 Å². The molecule has 1 saturated carbocycles. The molecule has 0 radical (unpaired) electrons. The van der Waals surface area contributed by atoms with Crippen LogP contribution in [-0.4, -0.2) is 20.8 Å². The maximum atomic E-state index is 12.1. The van der Waals surface area contributed by atoms with E-state index in [2.05, 4.69) is 16.4 Å². The second kappa shape index (κ2) is 5.84. The molecule has 0 aliphatic heterocycles. The third-order valence-corrected chi connectivity index (χ3v) is 4.92. The monoisotopic (exact) mass is 323 g/mol. The molecule has 2 atom stereocenters. The van der Waals surface area contributed by atoms with Gasteiger partial charge in [0.25, 0.3) is 0 Å². The lowest BCUT2D eigenvalue weighted by molar-refractivity contribution is -0.274. The molecule has 1 aliphatic rings. The van der Waals surface area contributed by atoms with Crippen LogP contribution in [0.2, 0.25) is 0 Å². The highest BCUT2D eigenvalue weighted by molar-refractivity contribution is 7.89. The summed E-state index contributed by atoms with van der Waals surface area (Å²) in [5, 5.41) is 0. The number of ether oxygens (including phenoxy) is 1. The van der Waals surface area contributed by atoms with Gasteiger partial charge in [-0.15, -0.1) is 13.2 Å². The molecule has 1 aromatic rings. The van der Waals surface area contributed by atoms with Gasteiger partial charge in [-0.2, -0.15) is 0 Å². The summed E-state index contributed by atoms with van der Waals surface area (Å²) in [7, 11) is -3.71. The number of benzene rings is 1. The zero-order valence-corrected chi connectivity index (χ0v) is 12.2. The van der Waals surface area contributed by atoms with Crippen molar-refractivity contribution < 1.29 is 26.3 Å². The first-order valence-corrected chi connectivity index (χ1v) is 8.02. The highest BCUT2D eigenvalue weighted by Gasteiger charge is 2.31.